The summed E-state index contributed by atoms with van der Waals surface area (Å²) in [5, 5.41) is 0. The van der Waals surface area contributed by atoms with E-state index in [-0.39, 0.29) is 5.82 Å². The van der Waals surface area contributed by atoms with Gasteiger partial charge in [-0.2, -0.15) is 0 Å². The minimum atomic E-state index is -0.469. The number of rotatable bonds is 2. The van der Waals surface area contributed by atoms with Crippen molar-refractivity contribution < 1.29 is 14.0 Å². The molecule has 1 saturated heterocycles. The van der Waals surface area contributed by atoms with E-state index in [0.717, 1.165) is 5.69 Å². The molecule has 4 nitrogen and oxygen atoms in total. The van der Waals surface area contributed by atoms with E-state index in [1.54, 1.807) is 12.1 Å². The van der Waals surface area contributed by atoms with Gasteiger partial charge in [0.15, 0.2) is 0 Å². The van der Waals surface area contributed by atoms with Crippen LogP contribution in [0.1, 0.15) is 0 Å². The average Bonchev–Trinajstić information content (AvgIpc) is 2.39. The first-order valence-electron chi connectivity index (χ1n) is 5.45. The molecular formula is C12H13FN2O2. The first-order valence-corrected chi connectivity index (χ1v) is 5.45. The molecule has 0 radical (unpaired) electrons. The second-order valence-electron chi connectivity index (χ2n) is 3.91. The third-order valence-electron chi connectivity index (χ3n) is 2.88. The number of piperazine rings is 1. The van der Waals surface area contributed by atoms with Crippen LogP contribution in [0.3, 0.4) is 0 Å². The van der Waals surface area contributed by atoms with Crippen molar-refractivity contribution in [1.29, 1.82) is 0 Å². The van der Waals surface area contributed by atoms with Crippen molar-refractivity contribution in [1.82, 2.24) is 4.90 Å². The van der Waals surface area contributed by atoms with Crippen LogP contribution in [0.5, 0.6) is 0 Å². The second kappa shape index (κ2) is 4.95. The van der Waals surface area contributed by atoms with Gasteiger partial charge in [-0.1, -0.05) is 0 Å². The quantitative estimate of drug-likeness (QED) is 0.560. The smallest absolute Gasteiger partial charge is 0.286 e. The number of anilines is 1. The number of benzene rings is 1. The molecule has 0 atom stereocenters. The number of hydrogen-bond acceptors (Lipinski definition) is 3. The van der Waals surface area contributed by atoms with Crippen molar-refractivity contribution in [3.8, 4) is 0 Å². The maximum Gasteiger partial charge on any atom is 0.286 e. The molecule has 1 aliphatic rings. The Morgan fingerprint density at radius 2 is 1.71 bits per heavy atom. The van der Waals surface area contributed by atoms with Gasteiger partial charge in [-0.25, -0.2) is 4.39 Å². The minimum absolute atomic E-state index is 0.261. The second-order valence-corrected chi connectivity index (χ2v) is 3.91. The SMILES string of the molecule is O=CC(=O)N1CCN(c2ccc(F)cc2)CC1. The molecule has 0 bridgehead atoms. The van der Waals surface area contributed by atoms with Crippen LogP contribution in [0, 0.1) is 5.82 Å². The summed E-state index contributed by atoms with van der Waals surface area (Å²) < 4.78 is 12.8. The third kappa shape index (κ3) is 2.61. The molecule has 0 unspecified atom stereocenters. The van der Waals surface area contributed by atoms with E-state index in [4.69, 9.17) is 0 Å². The van der Waals surface area contributed by atoms with E-state index in [9.17, 15) is 14.0 Å². The Hall–Kier alpha value is -1.91. The molecule has 0 spiro atoms. The fourth-order valence-corrected chi connectivity index (χ4v) is 1.91. The molecule has 1 heterocycles. The highest BCUT2D eigenvalue weighted by Gasteiger charge is 2.20. The topological polar surface area (TPSA) is 40.6 Å². The molecule has 2 rings (SSSR count). The summed E-state index contributed by atoms with van der Waals surface area (Å²) in [6, 6.07) is 6.26. The van der Waals surface area contributed by atoms with Crippen molar-refractivity contribution in [2.75, 3.05) is 31.1 Å². The zero-order valence-electron chi connectivity index (χ0n) is 9.30. The van der Waals surface area contributed by atoms with Gasteiger partial charge in [0.1, 0.15) is 5.82 Å². The number of nitrogens with zero attached hydrogens (tertiary/aromatic N) is 2. The summed E-state index contributed by atoms with van der Waals surface area (Å²) in [5.41, 5.74) is 0.935. The first-order chi connectivity index (χ1) is 8.20. The standard InChI is InChI=1S/C12H13FN2O2/c13-10-1-3-11(4-2-10)14-5-7-15(8-6-14)12(17)9-16/h1-4,9H,5-8H2. The highest BCUT2D eigenvalue weighted by Crippen LogP contribution is 2.16. The Bertz CT molecular complexity index is 411. The summed E-state index contributed by atoms with van der Waals surface area (Å²) in [7, 11) is 0. The van der Waals surface area contributed by atoms with Crippen LogP contribution in [-0.2, 0) is 9.59 Å². The summed E-state index contributed by atoms with van der Waals surface area (Å²) in [6.45, 7) is 2.36. The van der Waals surface area contributed by atoms with Crippen molar-refractivity contribution >= 4 is 17.9 Å². The molecule has 1 fully saturated rings. The molecule has 1 aromatic carbocycles. The Morgan fingerprint density at radius 1 is 1.12 bits per heavy atom. The molecule has 5 heteroatoms. The Kier molecular flexibility index (Phi) is 3.37. The van der Waals surface area contributed by atoms with Crippen molar-refractivity contribution in [2.45, 2.75) is 0 Å². The number of halogens is 1. The number of amides is 1. The van der Waals surface area contributed by atoms with E-state index in [2.05, 4.69) is 4.90 Å². The van der Waals surface area contributed by atoms with Gasteiger partial charge < -0.3 is 9.80 Å². The van der Waals surface area contributed by atoms with Crippen LogP contribution in [0.2, 0.25) is 0 Å². The van der Waals surface area contributed by atoms with E-state index in [1.165, 1.54) is 17.0 Å². The van der Waals surface area contributed by atoms with Gasteiger partial charge in [-0.15, -0.1) is 0 Å². The predicted molar refractivity (Wildman–Crippen MR) is 61.3 cm³/mol. The summed E-state index contributed by atoms with van der Waals surface area (Å²) in [6.07, 6.45) is 0.341. The van der Waals surface area contributed by atoms with Gasteiger partial charge in [0.25, 0.3) is 5.91 Å². The lowest BCUT2D eigenvalue weighted by Gasteiger charge is -2.35. The van der Waals surface area contributed by atoms with Crippen molar-refractivity contribution in [3.05, 3.63) is 30.1 Å². The van der Waals surface area contributed by atoms with Crippen molar-refractivity contribution in [3.63, 3.8) is 0 Å². The molecular weight excluding hydrogens is 223 g/mol. The molecule has 0 aliphatic carbocycles. The molecule has 1 amide bonds. The predicted octanol–water partition coefficient (Wildman–Crippen LogP) is 0.673. The van der Waals surface area contributed by atoms with Crippen molar-refractivity contribution in [2.24, 2.45) is 0 Å². The van der Waals surface area contributed by atoms with E-state index in [1.807, 2.05) is 0 Å². The van der Waals surface area contributed by atoms with Gasteiger partial charge >= 0.3 is 0 Å². The maximum absolute atomic E-state index is 12.8. The maximum atomic E-state index is 12.8. The van der Waals surface area contributed by atoms with Crippen LogP contribution in [0.15, 0.2) is 24.3 Å². The summed E-state index contributed by atoms with van der Waals surface area (Å²) >= 11 is 0. The van der Waals surface area contributed by atoms with Gasteiger partial charge in [-0.3, -0.25) is 9.59 Å². The lowest BCUT2D eigenvalue weighted by atomic mass is 10.2. The third-order valence-corrected chi connectivity index (χ3v) is 2.88. The average molecular weight is 236 g/mol. The lowest BCUT2D eigenvalue weighted by molar-refractivity contribution is -0.139. The molecule has 0 aromatic heterocycles. The molecule has 1 aliphatic heterocycles. The minimum Gasteiger partial charge on any atom is -0.368 e. The van der Waals surface area contributed by atoms with E-state index >= 15 is 0 Å². The molecule has 0 N–H and O–H groups in total. The largest absolute Gasteiger partial charge is 0.368 e. The number of carbonyl (C=O) groups excluding carboxylic acids is 2. The molecule has 1 aromatic rings. The van der Waals surface area contributed by atoms with Crippen LogP contribution in [0.4, 0.5) is 10.1 Å². The Morgan fingerprint density at radius 3 is 2.24 bits per heavy atom. The van der Waals surface area contributed by atoms with Gasteiger partial charge in [0, 0.05) is 31.9 Å². The normalized spacial score (nSPS) is 15.8. The fourth-order valence-electron chi connectivity index (χ4n) is 1.91. The van der Waals surface area contributed by atoms with Crippen LogP contribution >= 0.6 is 0 Å². The highest BCUT2D eigenvalue weighted by molar-refractivity contribution is 6.23. The Balaban J connectivity index is 1.97. The van der Waals surface area contributed by atoms with Gasteiger partial charge in [-0.05, 0) is 24.3 Å². The molecule has 17 heavy (non-hydrogen) atoms. The number of hydrogen-bond donors (Lipinski definition) is 0. The van der Waals surface area contributed by atoms with Crippen LogP contribution < -0.4 is 4.90 Å². The van der Waals surface area contributed by atoms with Crippen LogP contribution in [-0.4, -0.2) is 43.3 Å². The van der Waals surface area contributed by atoms with Crippen LogP contribution in [0.25, 0.3) is 0 Å². The zero-order valence-corrected chi connectivity index (χ0v) is 9.30. The number of aldehydes is 1. The zero-order chi connectivity index (χ0) is 12.3. The lowest BCUT2D eigenvalue weighted by Crippen LogP contribution is -2.49. The highest BCUT2D eigenvalue weighted by atomic mass is 19.1. The first kappa shape index (κ1) is 11.6. The molecule has 0 saturated carbocycles. The number of carbonyl (C=O) groups is 2. The monoisotopic (exact) mass is 236 g/mol. The van der Waals surface area contributed by atoms with E-state index < -0.39 is 5.91 Å². The summed E-state index contributed by atoms with van der Waals surface area (Å²) in [4.78, 5) is 25.1. The summed E-state index contributed by atoms with van der Waals surface area (Å²) in [5.74, 6) is -0.729. The van der Waals surface area contributed by atoms with Gasteiger partial charge in [0.05, 0.1) is 0 Å². The van der Waals surface area contributed by atoms with Gasteiger partial charge in [0.2, 0.25) is 6.29 Å². The van der Waals surface area contributed by atoms with E-state index in [0.29, 0.717) is 32.5 Å². The molecule has 90 valence electrons. The Labute approximate surface area is 98.6 Å². The fraction of sp³-hybridized carbons (Fsp3) is 0.333.